The maximum atomic E-state index is 13.4. The second kappa shape index (κ2) is 6.71. The van der Waals surface area contributed by atoms with Gasteiger partial charge in [-0.25, -0.2) is 9.37 Å². The van der Waals surface area contributed by atoms with E-state index in [0.29, 0.717) is 37.7 Å². The van der Waals surface area contributed by atoms with Crippen LogP contribution in [0.4, 0.5) is 10.1 Å². The van der Waals surface area contributed by atoms with Crippen molar-refractivity contribution in [2.75, 3.05) is 18.5 Å². The van der Waals surface area contributed by atoms with Crippen LogP contribution in [0.3, 0.4) is 0 Å². The highest BCUT2D eigenvalue weighted by Crippen LogP contribution is 2.41. The Morgan fingerprint density at radius 1 is 1.11 bits per heavy atom. The van der Waals surface area contributed by atoms with Crippen molar-refractivity contribution in [3.8, 4) is 0 Å². The van der Waals surface area contributed by atoms with Gasteiger partial charge in [-0.15, -0.1) is 0 Å². The third kappa shape index (κ3) is 3.07. The number of nitrogens with one attached hydrogen (secondary N) is 1. The van der Waals surface area contributed by atoms with E-state index in [1.165, 1.54) is 12.1 Å². The molecule has 5 nitrogen and oxygen atoms in total. The second-order valence-corrected chi connectivity index (χ2v) is 7.66. The van der Waals surface area contributed by atoms with Gasteiger partial charge in [0.25, 0.3) is 0 Å². The lowest BCUT2D eigenvalue weighted by molar-refractivity contribution is -0.125. The number of amides is 1. The Balaban J connectivity index is 1.44. The van der Waals surface area contributed by atoms with Crippen molar-refractivity contribution in [1.82, 2.24) is 4.98 Å². The molecular formula is C22H21FN2O3. The van der Waals surface area contributed by atoms with Crippen molar-refractivity contribution in [2.24, 2.45) is 0 Å². The summed E-state index contributed by atoms with van der Waals surface area (Å²) < 4.78 is 24.7. The molecule has 2 aliphatic rings. The number of fused-ring (bicyclic) bond motifs is 1. The van der Waals surface area contributed by atoms with Crippen LogP contribution in [0.5, 0.6) is 0 Å². The van der Waals surface area contributed by atoms with Crippen molar-refractivity contribution < 1.29 is 18.3 Å². The van der Waals surface area contributed by atoms with Gasteiger partial charge < -0.3 is 14.5 Å². The highest BCUT2D eigenvalue weighted by Gasteiger charge is 2.41. The molecule has 0 unspecified atom stereocenters. The summed E-state index contributed by atoms with van der Waals surface area (Å²) in [4.78, 5) is 17.9. The standard InChI is InChI=1S/C22H21FN2O3/c23-16-5-3-15(4-6-16)22(9-11-27-12-10-22)21(26)24-17-7-8-19-18(13-17)25-20(28-19)14-1-2-14/h3-8,13-14H,1-2,9-12H2,(H,24,26). The monoisotopic (exact) mass is 380 g/mol. The van der Waals surface area contributed by atoms with Crippen molar-refractivity contribution in [3.05, 3.63) is 59.7 Å². The first-order valence-electron chi connectivity index (χ1n) is 9.70. The smallest absolute Gasteiger partial charge is 0.235 e. The fraction of sp³-hybridized carbons (Fsp3) is 0.364. The van der Waals surface area contributed by atoms with E-state index in [0.717, 1.165) is 35.4 Å². The molecule has 2 heterocycles. The molecule has 0 spiro atoms. The van der Waals surface area contributed by atoms with Gasteiger partial charge in [0, 0.05) is 24.8 Å². The van der Waals surface area contributed by atoms with Crippen molar-refractivity contribution in [1.29, 1.82) is 0 Å². The summed E-state index contributed by atoms with van der Waals surface area (Å²) in [5.74, 6) is 0.808. The van der Waals surface area contributed by atoms with Crippen molar-refractivity contribution in [3.63, 3.8) is 0 Å². The van der Waals surface area contributed by atoms with Crippen LogP contribution >= 0.6 is 0 Å². The summed E-state index contributed by atoms with van der Waals surface area (Å²) in [5, 5.41) is 3.04. The number of nitrogens with zero attached hydrogens (tertiary/aromatic N) is 1. The zero-order valence-electron chi connectivity index (χ0n) is 15.4. The fourth-order valence-electron chi connectivity index (χ4n) is 3.91. The van der Waals surface area contributed by atoms with Crippen molar-refractivity contribution >= 4 is 22.7 Å². The first-order valence-corrected chi connectivity index (χ1v) is 9.70. The summed E-state index contributed by atoms with van der Waals surface area (Å²) in [5.41, 5.74) is 2.25. The van der Waals surface area contributed by atoms with E-state index in [2.05, 4.69) is 10.3 Å². The van der Waals surface area contributed by atoms with Crippen LogP contribution < -0.4 is 5.32 Å². The number of carbonyl (C=O) groups excluding carboxylic acids is 1. The fourth-order valence-corrected chi connectivity index (χ4v) is 3.91. The number of hydrogen-bond acceptors (Lipinski definition) is 4. The van der Waals surface area contributed by atoms with E-state index in [-0.39, 0.29) is 11.7 Å². The van der Waals surface area contributed by atoms with E-state index in [1.54, 1.807) is 12.1 Å². The lowest BCUT2D eigenvalue weighted by Crippen LogP contribution is -2.44. The lowest BCUT2D eigenvalue weighted by atomic mass is 9.73. The number of benzene rings is 2. The Hall–Kier alpha value is -2.73. The predicted octanol–water partition coefficient (Wildman–Crippen LogP) is 4.53. The quantitative estimate of drug-likeness (QED) is 0.722. The molecule has 1 aliphatic carbocycles. The SMILES string of the molecule is O=C(Nc1ccc2oc(C3CC3)nc2c1)C1(c2ccc(F)cc2)CCOCC1. The van der Waals surface area contributed by atoms with E-state index >= 15 is 0 Å². The van der Waals surface area contributed by atoms with Crippen molar-refractivity contribution in [2.45, 2.75) is 37.0 Å². The molecule has 1 saturated heterocycles. The van der Waals surface area contributed by atoms with E-state index in [4.69, 9.17) is 9.15 Å². The average Bonchev–Trinajstić information content (AvgIpc) is 3.48. The number of halogens is 1. The Morgan fingerprint density at radius 2 is 1.86 bits per heavy atom. The zero-order chi connectivity index (χ0) is 19.1. The largest absolute Gasteiger partial charge is 0.440 e. The predicted molar refractivity (Wildman–Crippen MR) is 103 cm³/mol. The summed E-state index contributed by atoms with van der Waals surface area (Å²) in [7, 11) is 0. The number of oxazole rings is 1. The minimum atomic E-state index is -0.732. The van der Waals surface area contributed by atoms with E-state index in [1.807, 2.05) is 18.2 Å². The molecule has 6 heteroatoms. The minimum absolute atomic E-state index is 0.104. The molecule has 0 atom stereocenters. The van der Waals surface area contributed by atoms with Gasteiger partial charge >= 0.3 is 0 Å². The van der Waals surface area contributed by atoms with Crippen LogP contribution in [0, 0.1) is 5.82 Å². The molecule has 3 aromatic rings. The zero-order valence-corrected chi connectivity index (χ0v) is 15.4. The molecule has 28 heavy (non-hydrogen) atoms. The molecule has 0 radical (unpaired) electrons. The number of aromatic nitrogens is 1. The number of rotatable bonds is 4. The van der Waals surface area contributed by atoms with Crippen LogP contribution in [0.2, 0.25) is 0 Å². The highest BCUT2D eigenvalue weighted by atomic mass is 19.1. The number of ether oxygens (including phenoxy) is 1. The van der Waals surface area contributed by atoms with E-state index < -0.39 is 5.41 Å². The topological polar surface area (TPSA) is 64.4 Å². The van der Waals surface area contributed by atoms with Crippen LogP contribution in [-0.2, 0) is 14.9 Å². The van der Waals surface area contributed by atoms with Gasteiger partial charge in [0.05, 0.1) is 5.41 Å². The van der Waals surface area contributed by atoms with Gasteiger partial charge in [0.2, 0.25) is 5.91 Å². The third-order valence-electron chi connectivity index (χ3n) is 5.77. The van der Waals surface area contributed by atoms with E-state index in [9.17, 15) is 9.18 Å². The molecule has 1 N–H and O–H groups in total. The molecule has 1 amide bonds. The Labute approximate surface area is 161 Å². The summed E-state index contributed by atoms with van der Waals surface area (Å²) in [6.07, 6.45) is 3.36. The molecular weight excluding hydrogens is 359 g/mol. The van der Waals surface area contributed by atoms with Gasteiger partial charge in [-0.2, -0.15) is 0 Å². The van der Waals surface area contributed by atoms with Gasteiger partial charge in [-0.1, -0.05) is 12.1 Å². The van der Waals surface area contributed by atoms with Gasteiger partial charge in [-0.05, 0) is 61.6 Å². The number of hydrogen-bond donors (Lipinski definition) is 1. The van der Waals surface area contributed by atoms with Gasteiger partial charge in [-0.3, -0.25) is 4.79 Å². The summed E-state index contributed by atoms with van der Waals surface area (Å²) in [6, 6.07) is 11.7. The third-order valence-corrected chi connectivity index (χ3v) is 5.77. The van der Waals surface area contributed by atoms with Crippen LogP contribution in [-0.4, -0.2) is 24.1 Å². The summed E-state index contributed by atoms with van der Waals surface area (Å²) >= 11 is 0. The molecule has 2 aromatic carbocycles. The minimum Gasteiger partial charge on any atom is -0.440 e. The maximum absolute atomic E-state index is 13.4. The molecule has 5 rings (SSSR count). The maximum Gasteiger partial charge on any atom is 0.235 e. The number of anilines is 1. The number of carbonyl (C=O) groups is 1. The molecule has 2 fully saturated rings. The van der Waals surface area contributed by atoms with Gasteiger partial charge in [0.1, 0.15) is 11.3 Å². The molecule has 144 valence electrons. The van der Waals surface area contributed by atoms with Crippen LogP contribution in [0.1, 0.15) is 43.1 Å². The first kappa shape index (κ1) is 17.4. The molecule has 1 saturated carbocycles. The van der Waals surface area contributed by atoms with Crippen LogP contribution in [0.15, 0.2) is 46.9 Å². The van der Waals surface area contributed by atoms with Crippen LogP contribution in [0.25, 0.3) is 11.1 Å². The molecule has 0 bridgehead atoms. The summed E-state index contributed by atoms with van der Waals surface area (Å²) in [6.45, 7) is 0.996. The second-order valence-electron chi connectivity index (χ2n) is 7.66. The highest BCUT2D eigenvalue weighted by molar-refractivity contribution is 6.00. The Morgan fingerprint density at radius 3 is 2.57 bits per heavy atom. The Bertz CT molecular complexity index is 1020. The average molecular weight is 380 g/mol. The molecule has 1 aliphatic heterocycles. The first-order chi connectivity index (χ1) is 13.6. The Kier molecular flexibility index (Phi) is 4.16. The lowest BCUT2D eigenvalue weighted by Gasteiger charge is -2.36. The molecule has 1 aromatic heterocycles. The normalized spacial score (nSPS) is 18.9. The van der Waals surface area contributed by atoms with Gasteiger partial charge in [0.15, 0.2) is 11.5 Å².